The van der Waals surface area contributed by atoms with Gasteiger partial charge in [0.2, 0.25) is 0 Å². The minimum Gasteiger partial charge on any atom is -0.508 e. The molecule has 3 heteroatoms. The fourth-order valence-corrected chi connectivity index (χ4v) is 3.73. The molecule has 0 amide bonds. The molecule has 1 N–H and O–H groups in total. The molecule has 0 radical (unpaired) electrons. The number of hydrogen-bond donors (Lipinski definition) is 1. The zero-order valence-electron chi connectivity index (χ0n) is 12.7. The molecule has 20 heavy (non-hydrogen) atoms. The van der Waals surface area contributed by atoms with Crippen LogP contribution in [-0.2, 0) is 0 Å². The van der Waals surface area contributed by atoms with Gasteiger partial charge >= 0.3 is 0 Å². The number of benzene rings is 1. The Labute approximate surface area is 122 Å². The van der Waals surface area contributed by atoms with E-state index in [1.165, 1.54) is 37.9 Å². The molecule has 0 aromatic heterocycles. The maximum Gasteiger partial charge on any atom is 0.120 e. The first-order valence-electron chi connectivity index (χ1n) is 7.93. The maximum absolute atomic E-state index is 10.1. The van der Waals surface area contributed by atoms with E-state index < -0.39 is 0 Å². The van der Waals surface area contributed by atoms with Gasteiger partial charge in [-0.05, 0) is 52.3 Å². The second kappa shape index (κ2) is 5.74. The van der Waals surface area contributed by atoms with Crippen molar-refractivity contribution in [3.05, 3.63) is 29.3 Å². The Kier molecular flexibility index (Phi) is 3.99. The summed E-state index contributed by atoms with van der Waals surface area (Å²) < 4.78 is 0. The Hall–Kier alpha value is -1.06. The van der Waals surface area contributed by atoms with Crippen LogP contribution in [0.3, 0.4) is 0 Å². The molecule has 2 fully saturated rings. The Balaban J connectivity index is 1.68. The molecule has 0 bridgehead atoms. The van der Waals surface area contributed by atoms with Crippen molar-refractivity contribution in [3.8, 4) is 5.75 Å². The summed E-state index contributed by atoms with van der Waals surface area (Å²) in [6.07, 6.45) is 4.01. The molecule has 3 nitrogen and oxygen atoms in total. The van der Waals surface area contributed by atoms with Crippen molar-refractivity contribution >= 4 is 0 Å². The molecule has 2 unspecified atom stereocenters. The van der Waals surface area contributed by atoms with Gasteiger partial charge in [-0.1, -0.05) is 17.7 Å². The van der Waals surface area contributed by atoms with Crippen LogP contribution in [0, 0.1) is 6.92 Å². The SMILES string of the molecule is Cc1ccc(O)c(C(C)N2CCC(N3CCCC3)C2)c1. The average Bonchev–Trinajstić information content (AvgIpc) is 3.10. The Bertz CT molecular complexity index is 468. The summed E-state index contributed by atoms with van der Waals surface area (Å²) in [4.78, 5) is 5.18. The number of rotatable bonds is 3. The normalized spacial score (nSPS) is 26.2. The number of likely N-dealkylation sites (tertiary alicyclic amines) is 2. The molecule has 2 aliphatic heterocycles. The highest BCUT2D eigenvalue weighted by atomic mass is 16.3. The minimum atomic E-state index is 0.308. The summed E-state index contributed by atoms with van der Waals surface area (Å²) in [7, 11) is 0. The largest absolute Gasteiger partial charge is 0.508 e. The molecule has 1 aromatic rings. The summed E-state index contributed by atoms with van der Waals surface area (Å²) in [6.45, 7) is 9.17. The highest BCUT2D eigenvalue weighted by molar-refractivity contribution is 5.37. The van der Waals surface area contributed by atoms with Gasteiger partial charge in [0.15, 0.2) is 0 Å². The molecule has 2 aliphatic rings. The predicted octanol–water partition coefficient (Wildman–Crippen LogP) is 2.93. The topological polar surface area (TPSA) is 26.7 Å². The number of aromatic hydroxyl groups is 1. The molecule has 3 rings (SSSR count). The van der Waals surface area contributed by atoms with Crippen molar-refractivity contribution in [1.82, 2.24) is 9.80 Å². The lowest BCUT2D eigenvalue weighted by molar-refractivity contribution is 0.206. The first-order chi connectivity index (χ1) is 9.65. The van der Waals surface area contributed by atoms with Crippen LogP contribution in [0.15, 0.2) is 18.2 Å². The van der Waals surface area contributed by atoms with E-state index in [2.05, 4.69) is 29.7 Å². The van der Waals surface area contributed by atoms with E-state index in [4.69, 9.17) is 0 Å². The second-order valence-electron chi connectivity index (χ2n) is 6.42. The summed E-state index contributed by atoms with van der Waals surface area (Å²) in [6, 6.07) is 6.97. The van der Waals surface area contributed by atoms with Gasteiger partial charge < -0.3 is 5.11 Å². The zero-order chi connectivity index (χ0) is 14.1. The summed E-state index contributed by atoms with van der Waals surface area (Å²) in [5.74, 6) is 0.438. The first kappa shape index (κ1) is 13.9. The molecule has 0 saturated carbocycles. The minimum absolute atomic E-state index is 0.308. The van der Waals surface area contributed by atoms with Crippen LogP contribution in [0.2, 0.25) is 0 Å². The Morgan fingerprint density at radius 2 is 1.95 bits per heavy atom. The van der Waals surface area contributed by atoms with Gasteiger partial charge in [0.25, 0.3) is 0 Å². The van der Waals surface area contributed by atoms with Crippen molar-refractivity contribution in [1.29, 1.82) is 0 Å². The molecule has 2 atom stereocenters. The Morgan fingerprint density at radius 1 is 1.20 bits per heavy atom. The van der Waals surface area contributed by atoms with Gasteiger partial charge in [0, 0.05) is 30.7 Å². The molecule has 0 aliphatic carbocycles. The van der Waals surface area contributed by atoms with Crippen LogP contribution in [0.4, 0.5) is 0 Å². The number of phenolic OH excluding ortho intramolecular Hbond substituents is 1. The molecular formula is C17H26N2O. The second-order valence-corrected chi connectivity index (χ2v) is 6.42. The van der Waals surface area contributed by atoms with Gasteiger partial charge in [0.1, 0.15) is 5.75 Å². The van der Waals surface area contributed by atoms with E-state index in [1.807, 2.05) is 12.1 Å². The summed E-state index contributed by atoms with van der Waals surface area (Å²) >= 11 is 0. The van der Waals surface area contributed by atoms with Crippen molar-refractivity contribution in [2.45, 2.75) is 45.2 Å². The van der Waals surface area contributed by atoms with E-state index in [0.29, 0.717) is 11.8 Å². The summed E-state index contributed by atoms with van der Waals surface area (Å²) in [5.41, 5.74) is 2.30. The smallest absolute Gasteiger partial charge is 0.120 e. The number of aryl methyl sites for hydroxylation is 1. The van der Waals surface area contributed by atoms with Crippen LogP contribution in [0.5, 0.6) is 5.75 Å². The van der Waals surface area contributed by atoms with Crippen LogP contribution < -0.4 is 0 Å². The van der Waals surface area contributed by atoms with Crippen LogP contribution in [0.25, 0.3) is 0 Å². The van der Waals surface area contributed by atoms with Gasteiger partial charge in [-0.2, -0.15) is 0 Å². The average molecular weight is 274 g/mol. The van der Waals surface area contributed by atoms with Gasteiger partial charge in [0.05, 0.1) is 0 Å². The van der Waals surface area contributed by atoms with Gasteiger partial charge in [-0.3, -0.25) is 9.80 Å². The molecule has 0 spiro atoms. The quantitative estimate of drug-likeness (QED) is 0.918. The van der Waals surface area contributed by atoms with Gasteiger partial charge in [-0.25, -0.2) is 0 Å². The van der Waals surface area contributed by atoms with Crippen LogP contribution in [0.1, 0.15) is 43.4 Å². The lowest BCUT2D eigenvalue weighted by Crippen LogP contribution is -2.35. The van der Waals surface area contributed by atoms with Crippen molar-refractivity contribution < 1.29 is 5.11 Å². The highest BCUT2D eigenvalue weighted by Crippen LogP contribution is 2.32. The standard InChI is InChI=1S/C17H26N2O/c1-13-5-6-17(20)16(11-13)14(2)19-10-7-15(12-19)18-8-3-4-9-18/h5-6,11,14-15,20H,3-4,7-10,12H2,1-2H3. The number of hydrogen-bond acceptors (Lipinski definition) is 3. The van der Waals surface area contributed by atoms with E-state index in [1.54, 1.807) is 0 Å². The zero-order valence-corrected chi connectivity index (χ0v) is 12.7. The molecule has 2 heterocycles. The fourth-order valence-electron chi connectivity index (χ4n) is 3.73. The number of nitrogens with zero attached hydrogens (tertiary/aromatic N) is 2. The van der Waals surface area contributed by atoms with E-state index >= 15 is 0 Å². The fraction of sp³-hybridized carbons (Fsp3) is 0.647. The Morgan fingerprint density at radius 3 is 2.70 bits per heavy atom. The van der Waals surface area contributed by atoms with Crippen molar-refractivity contribution in [2.24, 2.45) is 0 Å². The van der Waals surface area contributed by atoms with E-state index in [-0.39, 0.29) is 0 Å². The monoisotopic (exact) mass is 274 g/mol. The lowest BCUT2D eigenvalue weighted by Gasteiger charge is -2.28. The third kappa shape index (κ3) is 2.70. The van der Waals surface area contributed by atoms with Crippen molar-refractivity contribution in [3.63, 3.8) is 0 Å². The lowest BCUT2D eigenvalue weighted by atomic mass is 10.0. The molecule has 2 saturated heterocycles. The van der Waals surface area contributed by atoms with Crippen LogP contribution >= 0.6 is 0 Å². The van der Waals surface area contributed by atoms with Gasteiger partial charge in [-0.15, -0.1) is 0 Å². The summed E-state index contributed by atoms with van der Waals surface area (Å²) in [5, 5.41) is 10.1. The first-order valence-corrected chi connectivity index (χ1v) is 7.93. The van der Waals surface area contributed by atoms with Crippen LogP contribution in [-0.4, -0.2) is 47.1 Å². The number of phenols is 1. The predicted molar refractivity (Wildman–Crippen MR) is 82.0 cm³/mol. The highest BCUT2D eigenvalue weighted by Gasteiger charge is 2.32. The van der Waals surface area contributed by atoms with E-state index in [0.717, 1.165) is 24.7 Å². The third-order valence-electron chi connectivity index (χ3n) is 5.03. The van der Waals surface area contributed by atoms with Crippen molar-refractivity contribution in [2.75, 3.05) is 26.2 Å². The van der Waals surface area contributed by atoms with E-state index in [9.17, 15) is 5.11 Å². The molecule has 1 aromatic carbocycles. The maximum atomic E-state index is 10.1. The molecule has 110 valence electrons. The molecular weight excluding hydrogens is 248 g/mol. The third-order valence-corrected chi connectivity index (χ3v) is 5.03.